The molecule has 6 rings (SSSR count). The van der Waals surface area contributed by atoms with Crippen LogP contribution in [0.1, 0.15) is 13.3 Å². The minimum absolute atomic E-state index is 0.00748. The quantitative estimate of drug-likeness (QED) is 0.234. The molecule has 2 saturated heterocycles. The van der Waals surface area contributed by atoms with Gasteiger partial charge in [0.2, 0.25) is 11.8 Å². The molecule has 1 aromatic carbocycles. The number of piperazine rings is 1. The number of hydrogen-bond acceptors (Lipinski definition) is 9. The van der Waals surface area contributed by atoms with Gasteiger partial charge in [0, 0.05) is 44.8 Å². The van der Waals surface area contributed by atoms with Gasteiger partial charge >= 0.3 is 6.01 Å². The van der Waals surface area contributed by atoms with E-state index in [1.165, 1.54) is 18.3 Å². The summed E-state index contributed by atoms with van der Waals surface area (Å²) in [4.78, 5) is 32.1. The number of carbonyl (C=O) groups excluding carboxylic acids is 1. The standard InChI is InChI=1S/C28H29Cl2FN8O3/c1-4-22(40)38-5-7-39(8-6-38)26-17-10-21(29)33-27(42-25-18-12-32-36-20(18)11-19(31)23(25)30)24(17)34-28(35-26)41-14-16-9-15(2)13-37(16)3/h4,10-12,15-16H,1,5-9,13-14H2,2-3H3,(H,32,36)/t15-,16-/m1/s1. The van der Waals surface area contributed by atoms with Crippen molar-refractivity contribution in [3.8, 4) is 17.6 Å². The van der Waals surface area contributed by atoms with E-state index in [9.17, 15) is 9.18 Å². The SMILES string of the molecule is C=CC(=O)N1CCN(c2nc(OC[C@H]3C[C@@H](C)CN3C)nc3c(Oc4c(Cl)c(F)cc5[nH]ncc45)nc(Cl)cc23)CC1. The van der Waals surface area contributed by atoms with Crippen LogP contribution in [0.3, 0.4) is 0 Å². The summed E-state index contributed by atoms with van der Waals surface area (Å²) in [6, 6.07) is 3.25. The summed E-state index contributed by atoms with van der Waals surface area (Å²) >= 11 is 12.8. The van der Waals surface area contributed by atoms with Crippen LogP contribution in [0.2, 0.25) is 10.2 Å². The predicted octanol–water partition coefficient (Wildman–Crippen LogP) is 4.69. The average Bonchev–Trinajstić information content (AvgIpc) is 3.58. The van der Waals surface area contributed by atoms with Crippen LogP contribution in [-0.2, 0) is 4.79 Å². The summed E-state index contributed by atoms with van der Waals surface area (Å²) < 4.78 is 27.0. The number of pyridine rings is 1. The molecule has 2 fully saturated rings. The van der Waals surface area contributed by atoms with Gasteiger partial charge in [0.05, 0.1) is 22.5 Å². The van der Waals surface area contributed by atoms with Crippen LogP contribution in [0.15, 0.2) is 31.0 Å². The van der Waals surface area contributed by atoms with Crippen molar-refractivity contribution in [2.24, 2.45) is 5.92 Å². The number of aromatic nitrogens is 5. The second kappa shape index (κ2) is 11.5. The largest absolute Gasteiger partial charge is 0.462 e. The van der Waals surface area contributed by atoms with E-state index in [0.717, 1.165) is 13.0 Å². The summed E-state index contributed by atoms with van der Waals surface area (Å²) in [5, 5.41) is 7.62. The predicted molar refractivity (Wildman–Crippen MR) is 158 cm³/mol. The molecule has 5 heterocycles. The third kappa shape index (κ3) is 5.41. The van der Waals surface area contributed by atoms with Gasteiger partial charge in [0.15, 0.2) is 5.75 Å². The summed E-state index contributed by atoms with van der Waals surface area (Å²) in [5.41, 5.74) is 0.716. The average molecular weight is 615 g/mol. The van der Waals surface area contributed by atoms with Crippen molar-refractivity contribution in [3.63, 3.8) is 0 Å². The number of hydrogen-bond donors (Lipinski definition) is 1. The van der Waals surface area contributed by atoms with E-state index in [2.05, 4.69) is 45.6 Å². The van der Waals surface area contributed by atoms with Crippen LogP contribution in [0.25, 0.3) is 21.8 Å². The number of halogens is 3. The Bertz CT molecular complexity index is 1680. The van der Waals surface area contributed by atoms with Crippen LogP contribution in [-0.4, -0.2) is 93.3 Å². The number of amides is 1. The number of likely N-dealkylation sites (tertiary alicyclic amines) is 1. The zero-order valence-electron chi connectivity index (χ0n) is 23.1. The first-order valence-electron chi connectivity index (χ1n) is 13.6. The lowest BCUT2D eigenvalue weighted by molar-refractivity contribution is -0.126. The molecule has 0 bridgehead atoms. The molecule has 1 amide bonds. The number of carbonyl (C=O) groups is 1. The van der Waals surface area contributed by atoms with Crippen molar-refractivity contribution < 1.29 is 18.7 Å². The van der Waals surface area contributed by atoms with Gasteiger partial charge in [-0.3, -0.25) is 14.8 Å². The number of fused-ring (bicyclic) bond motifs is 2. The molecular formula is C28H29Cl2FN8O3. The Labute approximate surface area is 251 Å². The van der Waals surface area contributed by atoms with Gasteiger partial charge in [-0.25, -0.2) is 4.39 Å². The molecule has 14 heteroatoms. The monoisotopic (exact) mass is 614 g/mol. The van der Waals surface area contributed by atoms with Crippen molar-refractivity contribution in [3.05, 3.63) is 47.0 Å². The number of likely N-dealkylation sites (N-methyl/N-ethyl adjacent to an activating group) is 1. The molecule has 1 N–H and O–H groups in total. The van der Waals surface area contributed by atoms with Gasteiger partial charge in [0.25, 0.3) is 0 Å². The smallest absolute Gasteiger partial charge is 0.319 e. The highest BCUT2D eigenvalue weighted by molar-refractivity contribution is 6.33. The first kappa shape index (κ1) is 28.4. The molecule has 0 unspecified atom stereocenters. The van der Waals surface area contributed by atoms with Gasteiger partial charge in [-0.2, -0.15) is 20.1 Å². The van der Waals surface area contributed by atoms with E-state index in [-0.39, 0.29) is 39.8 Å². The normalized spacial score (nSPS) is 19.5. The second-order valence-corrected chi connectivity index (χ2v) is 11.4. The molecular weight excluding hydrogens is 586 g/mol. The number of H-pyrrole nitrogens is 1. The van der Waals surface area contributed by atoms with E-state index in [1.807, 2.05) is 4.90 Å². The number of ether oxygens (including phenoxy) is 2. The van der Waals surface area contributed by atoms with E-state index in [1.54, 1.807) is 11.0 Å². The molecule has 4 aromatic rings. The Hall–Kier alpha value is -3.74. The molecule has 0 spiro atoms. The number of anilines is 1. The van der Waals surface area contributed by atoms with Gasteiger partial charge in [-0.1, -0.05) is 36.7 Å². The van der Waals surface area contributed by atoms with Crippen molar-refractivity contribution in [1.29, 1.82) is 0 Å². The van der Waals surface area contributed by atoms with Crippen LogP contribution < -0.4 is 14.4 Å². The van der Waals surface area contributed by atoms with Crippen molar-refractivity contribution >= 4 is 56.7 Å². The third-order valence-corrected chi connectivity index (χ3v) is 8.29. The molecule has 11 nitrogen and oxygen atoms in total. The third-order valence-electron chi connectivity index (χ3n) is 7.74. The fourth-order valence-electron chi connectivity index (χ4n) is 5.61. The van der Waals surface area contributed by atoms with Gasteiger partial charge in [0.1, 0.15) is 33.9 Å². The Balaban J connectivity index is 1.42. The topological polar surface area (TPSA) is 113 Å². The van der Waals surface area contributed by atoms with Gasteiger partial charge < -0.3 is 19.3 Å². The van der Waals surface area contributed by atoms with Crippen molar-refractivity contribution in [2.75, 3.05) is 51.3 Å². The number of benzene rings is 1. The van der Waals surface area contributed by atoms with Gasteiger partial charge in [-0.15, -0.1) is 0 Å². The number of nitrogens with zero attached hydrogens (tertiary/aromatic N) is 7. The molecule has 220 valence electrons. The molecule has 3 aromatic heterocycles. The van der Waals surface area contributed by atoms with E-state index in [4.69, 9.17) is 37.7 Å². The highest BCUT2D eigenvalue weighted by Crippen LogP contribution is 2.41. The summed E-state index contributed by atoms with van der Waals surface area (Å²) in [7, 11) is 2.07. The fourth-order valence-corrected chi connectivity index (χ4v) is 5.99. The maximum atomic E-state index is 14.7. The lowest BCUT2D eigenvalue weighted by atomic mass is 10.1. The maximum Gasteiger partial charge on any atom is 0.319 e. The maximum absolute atomic E-state index is 14.7. The Morgan fingerprint density at radius 3 is 2.69 bits per heavy atom. The lowest BCUT2D eigenvalue weighted by Crippen LogP contribution is -2.48. The molecule has 0 aliphatic carbocycles. The summed E-state index contributed by atoms with van der Waals surface area (Å²) in [6.45, 7) is 9.18. The molecule has 0 saturated carbocycles. The minimum Gasteiger partial charge on any atom is -0.462 e. The minimum atomic E-state index is -0.684. The lowest BCUT2D eigenvalue weighted by Gasteiger charge is -2.35. The second-order valence-electron chi connectivity index (χ2n) is 10.7. The molecule has 2 atom stereocenters. The number of nitrogens with one attached hydrogen (secondary N) is 1. The van der Waals surface area contributed by atoms with Gasteiger partial charge in [-0.05, 0) is 31.5 Å². The molecule has 42 heavy (non-hydrogen) atoms. The number of aromatic amines is 1. The molecule has 2 aliphatic heterocycles. The van der Waals surface area contributed by atoms with E-state index < -0.39 is 5.82 Å². The van der Waals surface area contributed by atoms with E-state index >= 15 is 0 Å². The molecule has 0 radical (unpaired) electrons. The Kier molecular flexibility index (Phi) is 7.77. The summed E-state index contributed by atoms with van der Waals surface area (Å²) in [5.74, 6) is 0.345. The van der Waals surface area contributed by atoms with Crippen LogP contribution in [0.4, 0.5) is 10.2 Å². The van der Waals surface area contributed by atoms with Crippen LogP contribution in [0, 0.1) is 11.7 Å². The zero-order chi connectivity index (χ0) is 29.5. The fraction of sp³-hybridized carbons (Fsp3) is 0.393. The van der Waals surface area contributed by atoms with Crippen molar-refractivity contribution in [2.45, 2.75) is 19.4 Å². The van der Waals surface area contributed by atoms with E-state index in [0.29, 0.717) is 66.3 Å². The molecule has 2 aliphatic rings. The zero-order valence-corrected chi connectivity index (χ0v) is 24.6. The first-order chi connectivity index (χ1) is 20.2. The Morgan fingerprint density at radius 1 is 1.19 bits per heavy atom. The van der Waals surface area contributed by atoms with Crippen molar-refractivity contribution in [1.82, 2.24) is 34.9 Å². The number of rotatable bonds is 7. The van der Waals surface area contributed by atoms with Crippen LogP contribution in [0.5, 0.6) is 17.6 Å². The van der Waals surface area contributed by atoms with Crippen LogP contribution >= 0.6 is 23.2 Å². The first-order valence-corrected chi connectivity index (χ1v) is 14.3. The summed E-state index contributed by atoms with van der Waals surface area (Å²) in [6.07, 6.45) is 3.80. The Morgan fingerprint density at radius 2 is 1.98 bits per heavy atom. The highest BCUT2D eigenvalue weighted by atomic mass is 35.5. The highest BCUT2D eigenvalue weighted by Gasteiger charge is 2.29.